The van der Waals surface area contributed by atoms with Crippen molar-refractivity contribution in [2.75, 3.05) is 32.4 Å². The molecule has 0 radical (unpaired) electrons. The van der Waals surface area contributed by atoms with E-state index in [0.29, 0.717) is 32.6 Å². The Morgan fingerprint density at radius 2 is 2.12 bits per heavy atom. The summed E-state index contributed by atoms with van der Waals surface area (Å²) in [5.41, 5.74) is 1.67. The first-order chi connectivity index (χ1) is 11.9. The molecule has 2 aromatic heterocycles. The van der Waals surface area contributed by atoms with Crippen LogP contribution in [-0.4, -0.2) is 65.9 Å². The molecule has 0 saturated carbocycles. The molecule has 0 bridgehead atoms. The lowest BCUT2D eigenvalue weighted by Crippen LogP contribution is -2.37. The lowest BCUT2D eigenvalue weighted by molar-refractivity contribution is -0.130. The summed E-state index contributed by atoms with van der Waals surface area (Å²) >= 11 is 1.49. The molecule has 0 unspecified atom stereocenters. The van der Waals surface area contributed by atoms with Crippen LogP contribution in [0, 0.1) is 0 Å². The van der Waals surface area contributed by atoms with Gasteiger partial charge in [0.2, 0.25) is 15.9 Å². The molecule has 1 aliphatic heterocycles. The van der Waals surface area contributed by atoms with Crippen molar-refractivity contribution in [2.45, 2.75) is 12.8 Å². The summed E-state index contributed by atoms with van der Waals surface area (Å²) < 4.78 is 24.7. The van der Waals surface area contributed by atoms with Crippen molar-refractivity contribution < 1.29 is 13.2 Å². The fourth-order valence-electron chi connectivity index (χ4n) is 2.75. The molecular weight excluding hydrogens is 360 g/mol. The number of sulfonamides is 1. The molecule has 2 aromatic rings. The van der Waals surface area contributed by atoms with Crippen LogP contribution < -0.4 is 0 Å². The summed E-state index contributed by atoms with van der Waals surface area (Å²) in [5.74, 6) is -0.0154. The van der Waals surface area contributed by atoms with Crippen LogP contribution in [0.1, 0.15) is 12.1 Å². The SMILES string of the molecule is CS(=O)(=O)N1CCCN(C(=O)Cc2csc(-c3cccnc3)n2)CC1. The number of amides is 1. The Hall–Kier alpha value is -1.84. The van der Waals surface area contributed by atoms with E-state index in [2.05, 4.69) is 9.97 Å². The van der Waals surface area contributed by atoms with Gasteiger partial charge in [0.15, 0.2) is 0 Å². The molecule has 0 aromatic carbocycles. The highest BCUT2D eigenvalue weighted by atomic mass is 32.2. The molecule has 0 spiro atoms. The van der Waals surface area contributed by atoms with Gasteiger partial charge in [-0.2, -0.15) is 0 Å². The van der Waals surface area contributed by atoms with Gasteiger partial charge in [-0.3, -0.25) is 9.78 Å². The van der Waals surface area contributed by atoms with Crippen LogP contribution in [0.3, 0.4) is 0 Å². The summed E-state index contributed by atoms with van der Waals surface area (Å²) in [4.78, 5) is 22.9. The Morgan fingerprint density at radius 3 is 2.84 bits per heavy atom. The molecule has 3 heterocycles. The number of thiazole rings is 1. The summed E-state index contributed by atoms with van der Waals surface area (Å²) in [6.07, 6.45) is 5.55. The molecular formula is C16H20N4O3S2. The molecule has 3 rings (SSSR count). The monoisotopic (exact) mass is 380 g/mol. The van der Waals surface area contributed by atoms with Crippen LogP contribution in [0.4, 0.5) is 0 Å². The van der Waals surface area contributed by atoms with Crippen molar-refractivity contribution in [2.24, 2.45) is 0 Å². The highest BCUT2D eigenvalue weighted by Gasteiger charge is 2.24. The van der Waals surface area contributed by atoms with Crippen LogP contribution in [0.2, 0.25) is 0 Å². The Bertz CT molecular complexity index is 836. The summed E-state index contributed by atoms with van der Waals surface area (Å²) in [5, 5.41) is 2.73. The lowest BCUT2D eigenvalue weighted by Gasteiger charge is -2.20. The summed E-state index contributed by atoms with van der Waals surface area (Å²) in [6, 6.07) is 3.79. The zero-order chi connectivity index (χ0) is 17.9. The third-order valence-electron chi connectivity index (χ3n) is 4.07. The Kier molecular flexibility index (Phi) is 5.45. The smallest absolute Gasteiger partial charge is 0.228 e. The van der Waals surface area contributed by atoms with Gasteiger partial charge >= 0.3 is 0 Å². The van der Waals surface area contributed by atoms with E-state index >= 15 is 0 Å². The highest BCUT2D eigenvalue weighted by Crippen LogP contribution is 2.23. The Morgan fingerprint density at radius 1 is 1.28 bits per heavy atom. The molecule has 1 fully saturated rings. The fourth-order valence-corrected chi connectivity index (χ4v) is 4.44. The maximum Gasteiger partial charge on any atom is 0.228 e. The van der Waals surface area contributed by atoms with E-state index in [1.54, 1.807) is 17.3 Å². The molecule has 0 N–H and O–H groups in total. The standard InChI is InChI=1S/C16H20N4O3S2/c1-25(22,23)20-7-3-6-19(8-9-20)15(21)10-14-12-24-16(18-14)13-4-2-5-17-11-13/h2,4-5,11-12H,3,6-10H2,1H3. The maximum absolute atomic E-state index is 12.5. The van der Waals surface area contributed by atoms with Crippen LogP contribution in [0.5, 0.6) is 0 Å². The number of nitrogens with zero attached hydrogens (tertiary/aromatic N) is 4. The normalized spacial score (nSPS) is 16.6. The highest BCUT2D eigenvalue weighted by molar-refractivity contribution is 7.88. The largest absolute Gasteiger partial charge is 0.341 e. The number of hydrogen-bond donors (Lipinski definition) is 0. The molecule has 0 atom stereocenters. The predicted octanol–water partition coefficient (Wildman–Crippen LogP) is 1.24. The zero-order valence-corrected chi connectivity index (χ0v) is 15.6. The van der Waals surface area contributed by atoms with E-state index in [1.807, 2.05) is 17.5 Å². The topological polar surface area (TPSA) is 83.5 Å². The predicted molar refractivity (Wildman–Crippen MR) is 96.7 cm³/mol. The van der Waals surface area contributed by atoms with Gasteiger partial charge in [-0.05, 0) is 18.6 Å². The van der Waals surface area contributed by atoms with Crippen molar-refractivity contribution in [3.05, 3.63) is 35.6 Å². The first-order valence-corrected chi connectivity index (χ1v) is 10.7. The van der Waals surface area contributed by atoms with Gasteiger partial charge in [-0.15, -0.1) is 11.3 Å². The first-order valence-electron chi connectivity index (χ1n) is 8.01. The third kappa shape index (κ3) is 4.62. The minimum Gasteiger partial charge on any atom is -0.341 e. The Balaban J connectivity index is 1.62. The van der Waals surface area contributed by atoms with Crippen LogP contribution in [0.25, 0.3) is 10.6 Å². The van der Waals surface area contributed by atoms with E-state index in [-0.39, 0.29) is 12.3 Å². The maximum atomic E-state index is 12.5. The Labute approximate surface area is 151 Å². The minimum atomic E-state index is -3.21. The van der Waals surface area contributed by atoms with Crippen molar-refractivity contribution >= 4 is 27.3 Å². The van der Waals surface area contributed by atoms with E-state index in [0.717, 1.165) is 16.3 Å². The van der Waals surface area contributed by atoms with Crippen LogP contribution in [0.15, 0.2) is 29.9 Å². The second kappa shape index (κ2) is 7.59. The summed E-state index contributed by atoms with van der Waals surface area (Å²) in [6.45, 7) is 1.81. The molecule has 1 amide bonds. The molecule has 7 nitrogen and oxygen atoms in total. The fraction of sp³-hybridized carbons (Fsp3) is 0.438. The van der Waals surface area contributed by atoms with Crippen LogP contribution >= 0.6 is 11.3 Å². The average Bonchev–Trinajstić information content (AvgIpc) is 2.89. The van der Waals surface area contributed by atoms with Crippen molar-refractivity contribution in [1.29, 1.82) is 0 Å². The number of carbonyl (C=O) groups is 1. The van der Waals surface area contributed by atoms with Crippen molar-refractivity contribution in [3.63, 3.8) is 0 Å². The third-order valence-corrected chi connectivity index (χ3v) is 6.31. The minimum absolute atomic E-state index is 0.0154. The second-order valence-electron chi connectivity index (χ2n) is 5.96. The number of carbonyl (C=O) groups excluding carboxylic acids is 1. The van der Waals surface area contributed by atoms with E-state index in [4.69, 9.17) is 0 Å². The van der Waals surface area contributed by atoms with Gasteiger partial charge in [0.05, 0.1) is 18.4 Å². The van der Waals surface area contributed by atoms with Crippen molar-refractivity contribution in [3.8, 4) is 10.6 Å². The van der Waals surface area contributed by atoms with Gasteiger partial charge in [-0.25, -0.2) is 17.7 Å². The van der Waals surface area contributed by atoms with Gasteiger partial charge < -0.3 is 4.90 Å². The van der Waals surface area contributed by atoms with E-state index in [9.17, 15) is 13.2 Å². The number of rotatable bonds is 4. The molecule has 134 valence electrons. The van der Waals surface area contributed by atoms with Gasteiger partial charge in [0.25, 0.3) is 0 Å². The van der Waals surface area contributed by atoms with E-state index < -0.39 is 10.0 Å². The van der Waals surface area contributed by atoms with Gasteiger partial charge in [0.1, 0.15) is 5.01 Å². The zero-order valence-electron chi connectivity index (χ0n) is 14.0. The molecule has 0 aliphatic carbocycles. The van der Waals surface area contributed by atoms with E-state index in [1.165, 1.54) is 21.9 Å². The van der Waals surface area contributed by atoms with Crippen LogP contribution in [-0.2, 0) is 21.2 Å². The quantitative estimate of drug-likeness (QED) is 0.797. The number of hydrogen-bond acceptors (Lipinski definition) is 6. The van der Waals surface area contributed by atoms with Crippen molar-refractivity contribution in [1.82, 2.24) is 19.2 Å². The average molecular weight is 380 g/mol. The second-order valence-corrected chi connectivity index (χ2v) is 8.80. The lowest BCUT2D eigenvalue weighted by atomic mass is 10.2. The van der Waals surface area contributed by atoms with Gasteiger partial charge in [-0.1, -0.05) is 0 Å². The summed E-state index contributed by atoms with van der Waals surface area (Å²) in [7, 11) is -3.21. The number of aromatic nitrogens is 2. The molecule has 25 heavy (non-hydrogen) atoms. The number of pyridine rings is 1. The molecule has 9 heteroatoms. The molecule has 1 aliphatic rings. The van der Waals surface area contributed by atoms with Gasteiger partial charge in [0, 0.05) is 49.5 Å². The first kappa shape index (κ1) is 18.0. The molecule has 1 saturated heterocycles.